The molecule has 0 saturated carbocycles. The zero-order chi connectivity index (χ0) is 13.7. The molecule has 0 fully saturated rings. The van der Waals surface area contributed by atoms with Crippen molar-refractivity contribution < 1.29 is 24.2 Å². The van der Waals surface area contributed by atoms with E-state index in [9.17, 15) is 14.0 Å². The Morgan fingerprint density at radius 1 is 1.44 bits per heavy atom. The molecule has 0 unspecified atom stereocenters. The number of benzene rings is 1. The molecular weight excluding hydrogens is 309 g/mol. The molecule has 0 saturated heterocycles. The van der Waals surface area contributed by atoms with E-state index < -0.39 is 23.8 Å². The van der Waals surface area contributed by atoms with Gasteiger partial charge < -0.3 is 15.5 Å². The summed E-state index contributed by atoms with van der Waals surface area (Å²) >= 11 is 2.95. The van der Waals surface area contributed by atoms with Gasteiger partial charge in [0, 0.05) is 18.5 Å². The molecule has 98 valence electrons. The summed E-state index contributed by atoms with van der Waals surface area (Å²) < 4.78 is 13.1. The third-order valence-electron chi connectivity index (χ3n) is 2.17. The maximum atomic E-state index is 12.9. The number of nitrogens with one attached hydrogen (secondary N) is 1. The Balaban J connectivity index is 2.50. The van der Waals surface area contributed by atoms with Gasteiger partial charge in [-0.05, 0) is 34.1 Å². The van der Waals surface area contributed by atoms with Crippen LogP contribution in [0.15, 0.2) is 22.7 Å². The van der Waals surface area contributed by atoms with Crippen LogP contribution < -0.4 is 5.32 Å². The number of halogens is 2. The Bertz CT molecular complexity index is 466. The lowest BCUT2D eigenvalue weighted by Crippen LogP contribution is -2.30. The van der Waals surface area contributed by atoms with E-state index in [-0.39, 0.29) is 23.0 Å². The fourth-order valence-corrected chi connectivity index (χ4v) is 1.56. The molecule has 1 amide bonds. The number of amides is 1. The number of hydrogen-bond acceptors (Lipinski definition) is 3. The number of aliphatic hydroxyl groups is 1. The Morgan fingerprint density at radius 2 is 2.11 bits per heavy atom. The van der Waals surface area contributed by atoms with Gasteiger partial charge in [0.2, 0.25) is 0 Å². The SMILES string of the molecule is O=C(NCC[C@H](O)C(=O)O)c1ccc(F)c(Br)c1. The highest BCUT2D eigenvalue weighted by molar-refractivity contribution is 9.10. The lowest BCUT2D eigenvalue weighted by Gasteiger charge is -2.07. The van der Waals surface area contributed by atoms with E-state index in [1.165, 1.54) is 12.1 Å². The molecule has 0 aliphatic heterocycles. The van der Waals surface area contributed by atoms with E-state index in [0.29, 0.717) is 0 Å². The second kappa shape index (κ2) is 6.46. The van der Waals surface area contributed by atoms with Gasteiger partial charge in [-0.1, -0.05) is 0 Å². The lowest BCUT2D eigenvalue weighted by atomic mass is 10.2. The topological polar surface area (TPSA) is 86.6 Å². The van der Waals surface area contributed by atoms with Gasteiger partial charge in [-0.15, -0.1) is 0 Å². The number of rotatable bonds is 5. The van der Waals surface area contributed by atoms with Crippen molar-refractivity contribution in [3.63, 3.8) is 0 Å². The first kappa shape index (κ1) is 14.6. The van der Waals surface area contributed by atoms with E-state index in [4.69, 9.17) is 10.2 Å². The molecule has 0 aliphatic rings. The number of carbonyl (C=O) groups is 2. The maximum absolute atomic E-state index is 12.9. The van der Waals surface area contributed by atoms with Gasteiger partial charge in [0.1, 0.15) is 5.82 Å². The normalized spacial score (nSPS) is 11.9. The molecule has 0 spiro atoms. The molecule has 1 aromatic rings. The summed E-state index contributed by atoms with van der Waals surface area (Å²) in [5.74, 6) is -2.28. The van der Waals surface area contributed by atoms with E-state index in [1.54, 1.807) is 0 Å². The molecule has 3 N–H and O–H groups in total. The minimum Gasteiger partial charge on any atom is -0.479 e. The van der Waals surface area contributed by atoms with E-state index in [2.05, 4.69) is 21.2 Å². The van der Waals surface area contributed by atoms with E-state index in [0.717, 1.165) is 6.07 Å². The summed E-state index contributed by atoms with van der Waals surface area (Å²) in [5.41, 5.74) is 0.244. The summed E-state index contributed by atoms with van der Waals surface area (Å²) in [6.07, 6.45) is -1.60. The van der Waals surface area contributed by atoms with Crippen LogP contribution in [0.25, 0.3) is 0 Å². The summed E-state index contributed by atoms with van der Waals surface area (Å²) in [6.45, 7) is 0.0152. The van der Waals surface area contributed by atoms with Crippen molar-refractivity contribution in [2.75, 3.05) is 6.54 Å². The first-order valence-corrected chi connectivity index (χ1v) is 5.85. The van der Waals surface area contributed by atoms with Crippen molar-refractivity contribution in [3.8, 4) is 0 Å². The molecule has 5 nitrogen and oxygen atoms in total. The molecule has 0 aromatic heterocycles. The summed E-state index contributed by atoms with van der Waals surface area (Å²) in [6, 6.07) is 3.77. The molecule has 7 heteroatoms. The van der Waals surface area contributed by atoms with Gasteiger partial charge in [0.05, 0.1) is 4.47 Å². The minimum absolute atomic E-state index is 0.0152. The molecule has 1 aromatic carbocycles. The standard InChI is InChI=1S/C11H11BrFNO4/c12-7-5-6(1-2-8(7)13)10(16)14-4-3-9(15)11(17)18/h1-2,5,9,15H,3-4H2,(H,14,16)(H,17,18)/t9-/m0/s1. The van der Waals surface area contributed by atoms with Gasteiger partial charge >= 0.3 is 5.97 Å². The zero-order valence-corrected chi connectivity index (χ0v) is 10.8. The third kappa shape index (κ3) is 4.08. The highest BCUT2D eigenvalue weighted by Gasteiger charge is 2.13. The largest absolute Gasteiger partial charge is 0.479 e. The average molecular weight is 320 g/mol. The van der Waals surface area contributed by atoms with Crippen LogP contribution in [-0.2, 0) is 4.79 Å². The smallest absolute Gasteiger partial charge is 0.332 e. The molecule has 0 heterocycles. The monoisotopic (exact) mass is 319 g/mol. The average Bonchev–Trinajstić information content (AvgIpc) is 2.32. The van der Waals surface area contributed by atoms with Crippen LogP contribution in [0, 0.1) is 5.82 Å². The molecular formula is C11H11BrFNO4. The van der Waals surface area contributed by atoms with Crippen molar-refractivity contribution in [1.29, 1.82) is 0 Å². The number of carboxylic acids is 1. The van der Waals surface area contributed by atoms with Crippen LogP contribution in [0.2, 0.25) is 0 Å². The maximum Gasteiger partial charge on any atom is 0.332 e. The van der Waals surface area contributed by atoms with Gasteiger partial charge in [0.25, 0.3) is 5.91 Å². The number of hydrogen-bond donors (Lipinski definition) is 3. The van der Waals surface area contributed by atoms with Crippen LogP contribution in [0.4, 0.5) is 4.39 Å². The molecule has 1 atom stereocenters. The van der Waals surface area contributed by atoms with Crippen LogP contribution >= 0.6 is 15.9 Å². The van der Waals surface area contributed by atoms with Gasteiger partial charge in [-0.25, -0.2) is 9.18 Å². The molecule has 0 aliphatic carbocycles. The van der Waals surface area contributed by atoms with E-state index >= 15 is 0 Å². The predicted octanol–water partition coefficient (Wildman–Crippen LogP) is 1.15. The van der Waals surface area contributed by atoms with Crippen molar-refractivity contribution in [3.05, 3.63) is 34.1 Å². The number of carbonyl (C=O) groups excluding carboxylic acids is 1. The Hall–Kier alpha value is -1.47. The fourth-order valence-electron chi connectivity index (χ4n) is 1.19. The van der Waals surface area contributed by atoms with E-state index in [1.807, 2.05) is 0 Å². The van der Waals surface area contributed by atoms with Crippen molar-refractivity contribution >= 4 is 27.8 Å². The van der Waals surface area contributed by atoms with Gasteiger partial charge in [0.15, 0.2) is 6.10 Å². The second-order valence-electron chi connectivity index (χ2n) is 3.53. The van der Waals surface area contributed by atoms with Crippen molar-refractivity contribution in [2.45, 2.75) is 12.5 Å². The van der Waals surface area contributed by atoms with Crippen molar-refractivity contribution in [2.24, 2.45) is 0 Å². The first-order chi connectivity index (χ1) is 8.41. The third-order valence-corrected chi connectivity index (χ3v) is 2.78. The Kier molecular flexibility index (Phi) is 5.24. The van der Waals surface area contributed by atoms with Crippen LogP contribution in [0.1, 0.15) is 16.8 Å². The van der Waals surface area contributed by atoms with Crippen LogP contribution in [0.5, 0.6) is 0 Å². The fraction of sp³-hybridized carbons (Fsp3) is 0.273. The Labute approximate surface area is 111 Å². The van der Waals surface area contributed by atoms with Crippen LogP contribution in [0.3, 0.4) is 0 Å². The summed E-state index contributed by atoms with van der Waals surface area (Å²) in [5, 5.41) is 19.8. The lowest BCUT2D eigenvalue weighted by molar-refractivity contribution is -0.146. The van der Waals surface area contributed by atoms with Gasteiger partial charge in [-0.3, -0.25) is 4.79 Å². The highest BCUT2D eigenvalue weighted by Crippen LogP contribution is 2.16. The van der Waals surface area contributed by atoms with Crippen LogP contribution in [-0.4, -0.2) is 34.7 Å². The molecule has 18 heavy (non-hydrogen) atoms. The molecule has 0 radical (unpaired) electrons. The number of carboxylic acid groups (broad SMARTS) is 1. The second-order valence-corrected chi connectivity index (χ2v) is 4.38. The quantitative estimate of drug-likeness (QED) is 0.760. The summed E-state index contributed by atoms with van der Waals surface area (Å²) in [4.78, 5) is 21.9. The van der Waals surface area contributed by atoms with Crippen molar-refractivity contribution in [1.82, 2.24) is 5.32 Å². The Morgan fingerprint density at radius 3 is 2.67 bits per heavy atom. The predicted molar refractivity (Wildman–Crippen MR) is 64.7 cm³/mol. The summed E-state index contributed by atoms with van der Waals surface area (Å²) in [7, 11) is 0. The molecule has 1 rings (SSSR count). The zero-order valence-electron chi connectivity index (χ0n) is 9.19. The number of aliphatic hydroxyl groups excluding tert-OH is 1. The van der Waals surface area contributed by atoms with Gasteiger partial charge in [-0.2, -0.15) is 0 Å². The minimum atomic E-state index is -1.51. The molecule has 0 bridgehead atoms. The first-order valence-electron chi connectivity index (χ1n) is 5.06. The highest BCUT2D eigenvalue weighted by atomic mass is 79.9. The number of aliphatic carboxylic acids is 1.